The second kappa shape index (κ2) is 7.94. The van der Waals surface area contributed by atoms with Crippen molar-refractivity contribution < 1.29 is 18.4 Å². The molecule has 0 spiro atoms. The summed E-state index contributed by atoms with van der Waals surface area (Å²) < 4.78 is 10.8. The van der Waals surface area contributed by atoms with Crippen LogP contribution >= 0.6 is 11.6 Å². The number of halogens is 1. The maximum Gasteiger partial charge on any atom is 0.228 e. The van der Waals surface area contributed by atoms with Crippen LogP contribution in [0.5, 0.6) is 0 Å². The van der Waals surface area contributed by atoms with Crippen LogP contribution in [-0.4, -0.2) is 23.3 Å². The molecule has 1 fully saturated rings. The van der Waals surface area contributed by atoms with E-state index in [4.69, 9.17) is 20.4 Å². The summed E-state index contributed by atoms with van der Waals surface area (Å²) in [6.07, 6.45) is 3.29. The van der Waals surface area contributed by atoms with Crippen molar-refractivity contribution in [1.29, 1.82) is 0 Å². The fraction of sp³-hybridized carbons (Fsp3) is 0.238. The molecular weight excluding hydrogens is 380 g/mol. The van der Waals surface area contributed by atoms with E-state index in [0.29, 0.717) is 41.9 Å². The third kappa shape index (κ3) is 3.82. The first kappa shape index (κ1) is 18.4. The smallest absolute Gasteiger partial charge is 0.228 e. The third-order valence-corrected chi connectivity index (χ3v) is 5.10. The van der Waals surface area contributed by atoms with Gasteiger partial charge < -0.3 is 18.6 Å². The lowest BCUT2D eigenvalue weighted by molar-refractivity contribution is -0.137. The highest BCUT2D eigenvalue weighted by molar-refractivity contribution is 6.33. The van der Waals surface area contributed by atoms with Crippen LogP contribution in [0.15, 0.2) is 69.9 Å². The Hall–Kier alpha value is -2.99. The zero-order valence-electron chi connectivity index (χ0n) is 15.1. The number of hydrogen-bond donors (Lipinski definition) is 0. The number of furan rings is 2. The molecule has 3 aromatic rings. The number of amides is 2. The van der Waals surface area contributed by atoms with E-state index < -0.39 is 5.92 Å². The van der Waals surface area contributed by atoms with Crippen LogP contribution in [0, 0.1) is 5.92 Å². The zero-order chi connectivity index (χ0) is 19.5. The predicted molar refractivity (Wildman–Crippen MR) is 104 cm³/mol. The van der Waals surface area contributed by atoms with Gasteiger partial charge in [0.25, 0.3) is 0 Å². The lowest BCUT2D eigenvalue weighted by Crippen LogP contribution is -2.36. The maximum atomic E-state index is 13.2. The fourth-order valence-corrected chi connectivity index (χ4v) is 3.67. The summed E-state index contributed by atoms with van der Waals surface area (Å²) in [5, 5.41) is 0.493. The highest BCUT2D eigenvalue weighted by atomic mass is 35.5. The molecule has 28 heavy (non-hydrogen) atoms. The van der Waals surface area contributed by atoms with Gasteiger partial charge in [0.2, 0.25) is 11.8 Å². The van der Waals surface area contributed by atoms with Crippen LogP contribution in [0.2, 0.25) is 5.02 Å². The van der Waals surface area contributed by atoms with E-state index in [1.54, 1.807) is 46.6 Å². The van der Waals surface area contributed by atoms with E-state index in [2.05, 4.69) is 0 Å². The Morgan fingerprint density at radius 1 is 1.04 bits per heavy atom. The average molecular weight is 399 g/mol. The lowest BCUT2D eigenvalue weighted by Gasteiger charge is -2.24. The highest BCUT2D eigenvalue weighted by Gasteiger charge is 2.38. The number of rotatable bonds is 6. The number of carbonyl (C=O) groups excluding carboxylic acids is 2. The molecule has 2 amide bonds. The molecule has 7 heteroatoms. The van der Waals surface area contributed by atoms with Crippen molar-refractivity contribution in [1.82, 2.24) is 4.90 Å². The Balaban J connectivity index is 1.53. The van der Waals surface area contributed by atoms with Crippen molar-refractivity contribution >= 4 is 29.1 Å². The molecule has 6 nitrogen and oxygen atoms in total. The first-order valence-corrected chi connectivity index (χ1v) is 9.38. The van der Waals surface area contributed by atoms with Gasteiger partial charge in [-0.3, -0.25) is 9.59 Å². The van der Waals surface area contributed by atoms with Gasteiger partial charge >= 0.3 is 0 Å². The first-order chi connectivity index (χ1) is 13.6. The van der Waals surface area contributed by atoms with E-state index in [0.717, 1.165) is 0 Å². The normalized spacial score (nSPS) is 16.5. The first-order valence-electron chi connectivity index (χ1n) is 9.00. The number of para-hydroxylation sites is 1. The largest absolute Gasteiger partial charge is 0.467 e. The molecule has 0 saturated carbocycles. The van der Waals surface area contributed by atoms with E-state index in [1.807, 2.05) is 24.3 Å². The molecule has 1 saturated heterocycles. The van der Waals surface area contributed by atoms with Crippen LogP contribution in [0.4, 0.5) is 5.69 Å². The molecule has 2 aromatic heterocycles. The highest BCUT2D eigenvalue weighted by Crippen LogP contribution is 2.32. The molecule has 144 valence electrons. The number of hydrogen-bond acceptors (Lipinski definition) is 4. The zero-order valence-corrected chi connectivity index (χ0v) is 15.8. The second-order valence-corrected chi connectivity index (χ2v) is 7.12. The van der Waals surface area contributed by atoms with Gasteiger partial charge in [-0.15, -0.1) is 0 Å². The number of benzene rings is 1. The molecule has 1 aliphatic rings. The molecule has 0 N–H and O–H groups in total. The minimum atomic E-state index is -0.450. The molecule has 0 bridgehead atoms. The quantitative estimate of drug-likeness (QED) is 0.626. The van der Waals surface area contributed by atoms with Gasteiger partial charge in [0.15, 0.2) is 0 Å². The summed E-state index contributed by atoms with van der Waals surface area (Å²) in [4.78, 5) is 29.0. The minimum absolute atomic E-state index is 0.109. The van der Waals surface area contributed by atoms with Crippen LogP contribution < -0.4 is 4.90 Å². The Morgan fingerprint density at radius 2 is 1.68 bits per heavy atom. The van der Waals surface area contributed by atoms with Gasteiger partial charge in [0.05, 0.1) is 42.2 Å². The topological polar surface area (TPSA) is 66.9 Å². The van der Waals surface area contributed by atoms with Crippen LogP contribution in [0.3, 0.4) is 0 Å². The summed E-state index contributed by atoms with van der Waals surface area (Å²) >= 11 is 6.24. The summed E-state index contributed by atoms with van der Waals surface area (Å²) in [5.41, 5.74) is 0.632. The molecule has 1 unspecified atom stereocenters. The van der Waals surface area contributed by atoms with Crippen molar-refractivity contribution in [2.24, 2.45) is 5.92 Å². The van der Waals surface area contributed by atoms with Gasteiger partial charge in [0.1, 0.15) is 11.5 Å². The van der Waals surface area contributed by atoms with Crippen LogP contribution in [0.25, 0.3) is 0 Å². The summed E-state index contributed by atoms with van der Waals surface area (Å²) in [7, 11) is 0. The number of anilines is 1. The Kier molecular flexibility index (Phi) is 5.21. The van der Waals surface area contributed by atoms with E-state index in [-0.39, 0.29) is 18.2 Å². The maximum absolute atomic E-state index is 13.2. The molecule has 4 rings (SSSR count). The predicted octanol–water partition coefficient (Wildman–Crippen LogP) is 4.11. The minimum Gasteiger partial charge on any atom is -0.467 e. The summed E-state index contributed by atoms with van der Waals surface area (Å²) in [5.74, 6) is 0.672. The van der Waals surface area contributed by atoms with Crippen LogP contribution in [-0.2, 0) is 22.7 Å². The molecule has 3 heterocycles. The number of nitrogens with zero attached hydrogens (tertiary/aromatic N) is 2. The lowest BCUT2D eigenvalue weighted by atomic mass is 10.1. The summed E-state index contributed by atoms with van der Waals surface area (Å²) in [6.45, 7) is 0.918. The number of carbonyl (C=O) groups is 2. The summed E-state index contributed by atoms with van der Waals surface area (Å²) in [6, 6.07) is 14.4. The van der Waals surface area contributed by atoms with Gasteiger partial charge in [-0.05, 0) is 36.4 Å². The van der Waals surface area contributed by atoms with Crippen molar-refractivity contribution in [3.63, 3.8) is 0 Å². The standard InChI is InChI=1S/C21H19ClN2O4/c22-18-7-1-2-8-19(18)24-12-15(11-20(24)25)21(26)23(13-16-5-3-9-27-16)14-17-6-4-10-28-17/h1-10,15H,11-14H2. The van der Waals surface area contributed by atoms with E-state index in [1.165, 1.54) is 0 Å². The fourth-order valence-electron chi connectivity index (χ4n) is 3.43. The molecule has 0 radical (unpaired) electrons. The van der Waals surface area contributed by atoms with Gasteiger partial charge in [-0.25, -0.2) is 0 Å². The van der Waals surface area contributed by atoms with Gasteiger partial charge in [-0.1, -0.05) is 23.7 Å². The van der Waals surface area contributed by atoms with Crippen molar-refractivity contribution in [3.8, 4) is 0 Å². The van der Waals surface area contributed by atoms with Crippen LogP contribution in [0.1, 0.15) is 17.9 Å². The molecule has 1 aliphatic heterocycles. The Bertz CT molecular complexity index is 916. The molecule has 1 atom stereocenters. The third-order valence-electron chi connectivity index (χ3n) is 4.78. The molecular formula is C21H19ClN2O4. The van der Waals surface area contributed by atoms with Crippen molar-refractivity contribution in [2.45, 2.75) is 19.5 Å². The van der Waals surface area contributed by atoms with Gasteiger partial charge in [0, 0.05) is 13.0 Å². The average Bonchev–Trinajstić information content (AvgIpc) is 3.44. The Labute approximate surface area is 167 Å². The second-order valence-electron chi connectivity index (χ2n) is 6.71. The monoisotopic (exact) mass is 398 g/mol. The van der Waals surface area contributed by atoms with Gasteiger partial charge in [-0.2, -0.15) is 0 Å². The SMILES string of the molecule is O=C(C1CC(=O)N(c2ccccc2Cl)C1)N(Cc1ccco1)Cc1ccco1. The van der Waals surface area contributed by atoms with E-state index >= 15 is 0 Å². The van der Waals surface area contributed by atoms with Crippen molar-refractivity contribution in [2.75, 3.05) is 11.4 Å². The molecule has 0 aliphatic carbocycles. The molecule has 1 aromatic carbocycles. The van der Waals surface area contributed by atoms with Crippen molar-refractivity contribution in [3.05, 3.63) is 77.6 Å². The van der Waals surface area contributed by atoms with E-state index in [9.17, 15) is 9.59 Å². The Morgan fingerprint density at radius 3 is 2.25 bits per heavy atom.